The molecule has 0 aliphatic carbocycles. The summed E-state index contributed by atoms with van der Waals surface area (Å²) in [4.78, 5) is 4.62. The van der Waals surface area contributed by atoms with Crippen molar-refractivity contribution in [1.29, 1.82) is 0 Å². The Kier molecular flexibility index (Phi) is 4.67. The van der Waals surface area contributed by atoms with Crippen LogP contribution in [0.2, 0.25) is 0 Å². The number of nitrogens with one attached hydrogen (secondary N) is 1. The van der Waals surface area contributed by atoms with E-state index in [2.05, 4.69) is 9.71 Å². The topological polar surface area (TPSA) is 64.0 Å². The van der Waals surface area contributed by atoms with Crippen molar-refractivity contribution < 1.29 is 8.42 Å². The smallest absolute Gasteiger partial charge is 0.208 e. The molecule has 0 saturated carbocycles. The van der Waals surface area contributed by atoms with Crippen LogP contribution in [0.15, 0.2) is 18.2 Å². The minimum atomic E-state index is -3.17. The maximum absolute atomic E-state index is 11.1. The standard InChI is InChI=1S/C13H18ClN3O2S/c1-10-4-3-5-11-13(10)16-12(6-7-14)17(11)9-8-15-20(2,18)19/h3-5,15H,6-9H2,1-2H3. The van der Waals surface area contributed by atoms with Crippen LogP contribution in [-0.2, 0) is 23.0 Å². The predicted molar refractivity (Wildman–Crippen MR) is 81.7 cm³/mol. The molecule has 0 spiro atoms. The minimum absolute atomic E-state index is 0.341. The molecule has 1 N–H and O–H groups in total. The van der Waals surface area contributed by atoms with Gasteiger partial charge in [-0.1, -0.05) is 12.1 Å². The summed E-state index contributed by atoms with van der Waals surface area (Å²) in [5, 5.41) is 0. The van der Waals surface area contributed by atoms with Gasteiger partial charge in [0.15, 0.2) is 0 Å². The summed E-state index contributed by atoms with van der Waals surface area (Å²) in [6.45, 7) is 2.89. The molecule has 0 unspecified atom stereocenters. The molecule has 2 rings (SSSR count). The van der Waals surface area contributed by atoms with Crippen molar-refractivity contribution in [3.8, 4) is 0 Å². The lowest BCUT2D eigenvalue weighted by Gasteiger charge is -2.09. The van der Waals surface area contributed by atoms with Crippen LogP contribution in [0.4, 0.5) is 0 Å². The van der Waals surface area contributed by atoms with Gasteiger partial charge in [-0.3, -0.25) is 0 Å². The van der Waals surface area contributed by atoms with Crippen molar-refractivity contribution in [3.63, 3.8) is 0 Å². The molecule has 0 aliphatic heterocycles. The fourth-order valence-corrected chi connectivity index (χ4v) is 2.83. The summed E-state index contributed by atoms with van der Waals surface area (Å²) in [6.07, 6.45) is 1.82. The lowest BCUT2D eigenvalue weighted by Crippen LogP contribution is -2.26. The van der Waals surface area contributed by atoms with Gasteiger partial charge in [0.25, 0.3) is 0 Å². The summed E-state index contributed by atoms with van der Waals surface area (Å²) in [7, 11) is -3.17. The van der Waals surface area contributed by atoms with Gasteiger partial charge in [0.05, 0.1) is 17.3 Å². The van der Waals surface area contributed by atoms with Gasteiger partial charge < -0.3 is 4.57 Å². The SMILES string of the molecule is Cc1cccc2c1nc(CCCl)n2CCNS(C)(=O)=O. The van der Waals surface area contributed by atoms with E-state index in [0.717, 1.165) is 28.7 Å². The van der Waals surface area contributed by atoms with E-state index >= 15 is 0 Å². The molecule has 1 aromatic carbocycles. The summed E-state index contributed by atoms with van der Waals surface area (Å²) in [5.41, 5.74) is 3.07. The molecule has 0 radical (unpaired) electrons. The van der Waals surface area contributed by atoms with E-state index in [4.69, 9.17) is 11.6 Å². The van der Waals surface area contributed by atoms with Gasteiger partial charge >= 0.3 is 0 Å². The molecular formula is C13H18ClN3O2S. The van der Waals surface area contributed by atoms with Crippen molar-refractivity contribution >= 4 is 32.7 Å². The number of alkyl halides is 1. The second kappa shape index (κ2) is 6.11. The molecule has 5 nitrogen and oxygen atoms in total. The molecule has 0 saturated heterocycles. The van der Waals surface area contributed by atoms with Crippen molar-refractivity contribution in [3.05, 3.63) is 29.6 Å². The number of halogens is 1. The van der Waals surface area contributed by atoms with Gasteiger partial charge in [-0.25, -0.2) is 18.1 Å². The van der Waals surface area contributed by atoms with Gasteiger partial charge in [-0.15, -0.1) is 11.6 Å². The number of imidazole rings is 1. The quantitative estimate of drug-likeness (QED) is 0.825. The number of nitrogens with zero attached hydrogens (tertiary/aromatic N) is 2. The average Bonchev–Trinajstić information content (AvgIpc) is 2.69. The Hall–Kier alpha value is -1.11. The molecule has 0 bridgehead atoms. The van der Waals surface area contributed by atoms with Gasteiger partial charge in [0.1, 0.15) is 5.82 Å². The average molecular weight is 316 g/mol. The first-order chi connectivity index (χ1) is 9.42. The first-order valence-corrected chi connectivity index (χ1v) is 8.80. The number of fused-ring (bicyclic) bond motifs is 1. The van der Waals surface area contributed by atoms with Crippen LogP contribution >= 0.6 is 11.6 Å². The molecule has 110 valence electrons. The summed E-state index contributed by atoms with van der Waals surface area (Å²) in [6, 6.07) is 5.98. The first kappa shape index (κ1) is 15.3. The van der Waals surface area contributed by atoms with Crippen LogP contribution in [0, 0.1) is 6.92 Å². The fourth-order valence-electron chi connectivity index (χ4n) is 2.20. The minimum Gasteiger partial charge on any atom is -0.327 e. The van der Waals surface area contributed by atoms with Gasteiger partial charge in [0, 0.05) is 25.4 Å². The number of aryl methyl sites for hydroxylation is 2. The summed E-state index contributed by atoms with van der Waals surface area (Å²) >= 11 is 5.82. The van der Waals surface area contributed by atoms with Crippen molar-refractivity contribution in [1.82, 2.24) is 14.3 Å². The molecule has 2 aromatic rings. The van der Waals surface area contributed by atoms with Crippen LogP contribution in [0.1, 0.15) is 11.4 Å². The number of hydrogen-bond acceptors (Lipinski definition) is 3. The van der Waals surface area contributed by atoms with E-state index in [1.54, 1.807) is 0 Å². The lowest BCUT2D eigenvalue weighted by molar-refractivity contribution is 0.577. The van der Waals surface area contributed by atoms with E-state index in [1.807, 2.05) is 29.7 Å². The maximum atomic E-state index is 11.1. The first-order valence-electron chi connectivity index (χ1n) is 6.37. The van der Waals surface area contributed by atoms with Crippen LogP contribution < -0.4 is 4.72 Å². The monoisotopic (exact) mass is 315 g/mol. The molecule has 1 aromatic heterocycles. The highest BCUT2D eigenvalue weighted by Crippen LogP contribution is 2.20. The van der Waals surface area contributed by atoms with Crippen LogP contribution in [0.25, 0.3) is 11.0 Å². The van der Waals surface area contributed by atoms with Crippen molar-refractivity contribution in [2.45, 2.75) is 19.9 Å². The molecule has 0 fully saturated rings. The summed E-state index contributed by atoms with van der Waals surface area (Å²) < 4.78 is 26.8. The zero-order chi connectivity index (χ0) is 14.8. The number of rotatable bonds is 6. The molecule has 7 heteroatoms. The number of sulfonamides is 1. The highest BCUT2D eigenvalue weighted by atomic mass is 35.5. The Morgan fingerprint density at radius 2 is 2.15 bits per heavy atom. The Morgan fingerprint density at radius 1 is 1.40 bits per heavy atom. The second-order valence-corrected chi connectivity index (χ2v) is 6.94. The van der Waals surface area contributed by atoms with Crippen LogP contribution in [0.3, 0.4) is 0 Å². The fraction of sp³-hybridized carbons (Fsp3) is 0.462. The lowest BCUT2D eigenvalue weighted by atomic mass is 10.2. The number of hydrogen-bond donors (Lipinski definition) is 1. The summed E-state index contributed by atoms with van der Waals surface area (Å²) in [5.74, 6) is 1.38. The van der Waals surface area contributed by atoms with Crippen LogP contribution in [-0.4, -0.2) is 36.6 Å². The maximum Gasteiger partial charge on any atom is 0.208 e. The zero-order valence-corrected chi connectivity index (χ0v) is 13.1. The highest BCUT2D eigenvalue weighted by Gasteiger charge is 2.12. The van der Waals surface area contributed by atoms with Crippen molar-refractivity contribution in [2.24, 2.45) is 0 Å². The molecular weight excluding hydrogens is 298 g/mol. The molecule has 0 atom stereocenters. The Morgan fingerprint density at radius 3 is 2.80 bits per heavy atom. The second-order valence-electron chi connectivity index (χ2n) is 4.73. The van der Waals surface area contributed by atoms with E-state index in [-0.39, 0.29) is 0 Å². The molecule has 20 heavy (non-hydrogen) atoms. The van der Waals surface area contributed by atoms with Gasteiger partial charge in [0.2, 0.25) is 10.0 Å². The van der Waals surface area contributed by atoms with Crippen LogP contribution in [0.5, 0.6) is 0 Å². The zero-order valence-electron chi connectivity index (χ0n) is 11.6. The number of para-hydroxylation sites is 1. The van der Waals surface area contributed by atoms with Crippen molar-refractivity contribution in [2.75, 3.05) is 18.7 Å². The largest absolute Gasteiger partial charge is 0.327 e. The number of aromatic nitrogens is 2. The van der Waals surface area contributed by atoms with E-state index in [0.29, 0.717) is 25.4 Å². The third-order valence-corrected chi connectivity index (χ3v) is 3.99. The number of benzene rings is 1. The Balaban J connectivity index is 2.34. The third-order valence-electron chi connectivity index (χ3n) is 3.08. The Bertz CT molecular complexity index is 710. The molecule has 0 amide bonds. The molecule has 1 heterocycles. The Labute approximate surface area is 124 Å². The third kappa shape index (κ3) is 3.50. The van der Waals surface area contributed by atoms with Gasteiger partial charge in [-0.2, -0.15) is 0 Å². The van der Waals surface area contributed by atoms with E-state index < -0.39 is 10.0 Å². The van der Waals surface area contributed by atoms with Gasteiger partial charge in [-0.05, 0) is 18.6 Å². The van der Waals surface area contributed by atoms with E-state index in [9.17, 15) is 8.42 Å². The highest BCUT2D eigenvalue weighted by molar-refractivity contribution is 7.88. The molecule has 0 aliphatic rings. The normalized spacial score (nSPS) is 12.2. The van der Waals surface area contributed by atoms with E-state index in [1.165, 1.54) is 0 Å². The predicted octanol–water partition coefficient (Wildman–Crippen LogP) is 1.68.